The lowest BCUT2D eigenvalue weighted by molar-refractivity contribution is -0.118. The van der Waals surface area contributed by atoms with E-state index in [1.54, 1.807) is 0 Å². The van der Waals surface area contributed by atoms with Gasteiger partial charge in [0.1, 0.15) is 11.5 Å². The summed E-state index contributed by atoms with van der Waals surface area (Å²) in [7, 11) is 0. The molecule has 2 heteroatoms. The molecule has 0 N–H and O–H groups in total. The van der Waals surface area contributed by atoms with Gasteiger partial charge in [0.15, 0.2) is 0 Å². The summed E-state index contributed by atoms with van der Waals surface area (Å²) in [6.07, 6.45) is 3.42. The highest BCUT2D eigenvalue weighted by Gasteiger charge is 2.22. The number of benzene rings is 1. The van der Waals surface area contributed by atoms with Gasteiger partial charge in [-0.2, -0.15) is 0 Å². The van der Waals surface area contributed by atoms with Crippen LogP contribution in [0.1, 0.15) is 44.1 Å². The molecule has 1 heterocycles. The highest BCUT2D eigenvalue weighted by atomic mass is 16.5. The number of carbonyl (C=O) groups excluding carboxylic acids is 1. The topological polar surface area (TPSA) is 26.3 Å². The van der Waals surface area contributed by atoms with Gasteiger partial charge in [-0.05, 0) is 18.9 Å². The van der Waals surface area contributed by atoms with Crippen LogP contribution < -0.4 is 4.74 Å². The number of Topliss-reactive ketones (excluding diaryl/α,β-unsaturated/α-hetero) is 1. The monoisotopic (exact) mass is 218 g/mol. The van der Waals surface area contributed by atoms with Crippen molar-refractivity contribution in [2.45, 2.75) is 38.5 Å². The number of rotatable bonds is 5. The Bertz CT molecular complexity index is 371. The number of ether oxygens (including phenoxy) is 1. The number of hydrogen-bond donors (Lipinski definition) is 0. The minimum absolute atomic E-state index is 0.368. The molecule has 1 aliphatic heterocycles. The molecule has 0 spiro atoms. The molecule has 1 aromatic carbocycles. The van der Waals surface area contributed by atoms with Crippen molar-refractivity contribution in [2.24, 2.45) is 0 Å². The summed E-state index contributed by atoms with van der Waals surface area (Å²) in [5.74, 6) is 1.88. The second-order valence-corrected chi connectivity index (χ2v) is 4.33. The van der Waals surface area contributed by atoms with Gasteiger partial charge in [0.25, 0.3) is 0 Å². The molecule has 86 valence electrons. The van der Waals surface area contributed by atoms with E-state index in [2.05, 4.69) is 12.1 Å². The third-order valence-electron chi connectivity index (χ3n) is 3.20. The van der Waals surface area contributed by atoms with E-state index in [-0.39, 0.29) is 0 Å². The fraction of sp³-hybridized carbons (Fsp3) is 0.500. The highest BCUT2D eigenvalue weighted by Crippen LogP contribution is 2.36. The number of para-hydroxylation sites is 1. The Hall–Kier alpha value is -1.31. The van der Waals surface area contributed by atoms with Gasteiger partial charge in [0.05, 0.1) is 6.61 Å². The molecule has 0 bridgehead atoms. The maximum absolute atomic E-state index is 11.2. The minimum Gasteiger partial charge on any atom is -0.493 e. The fourth-order valence-electron chi connectivity index (χ4n) is 2.19. The molecule has 16 heavy (non-hydrogen) atoms. The molecule has 0 radical (unpaired) electrons. The number of fused-ring (bicyclic) bond motifs is 1. The van der Waals surface area contributed by atoms with Crippen LogP contribution in [-0.2, 0) is 4.79 Å². The second-order valence-electron chi connectivity index (χ2n) is 4.33. The predicted octanol–water partition coefficient (Wildman–Crippen LogP) is 3.31. The van der Waals surface area contributed by atoms with Crippen molar-refractivity contribution in [1.82, 2.24) is 0 Å². The molecular weight excluding hydrogens is 200 g/mol. The summed E-state index contributed by atoms with van der Waals surface area (Å²) in [5.41, 5.74) is 1.31. The molecule has 2 rings (SSSR count). The van der Waals surface area contributed by atoms with Crippen LogP contribution in [0.3, 0.4) is 0 Å². The standard InChI is InChI=1S/C14H18O2/c1-2-12(15)7-5-6-11-10-16-14-9-4-3-8-13(11)14/h3-4,8-9,11H,2,5-7,10H2,1H3. The lowest BCUT2D eigenvalue weighted by atomic mass is 9.95. The number of carbonyl (C=O) groups is 1. The number of ketones is 1. The number of hydrogen-bond acceptors (Lipinski definition) is 2. The average molecular weight is 218 g/mol. The molecule has 0 aliphatic carbocycles. The first-order chi connectivity index (χ1) is 7.81. The fourth-order valence-corrected chi connectivity index (χ4v) is 2.19. The van der Waals surface area contributed by atoms with Gasteiger partial charge in [-0.3, -0.25) is 4.79 Å². The SMILES string of the molecule is CCC(=O)CCCC1COc2ccccc21. The zero-order valence-electron chi connectivity index (χ0n) is 9.74. The van der Waals surface area contributed by atoms with Gasteiger partial charge in [-0.25, -0.2) is 0 Å². The van der Waals surface area contributed by atoms with E-state index in [1.807, 2.05) is 19.1 Å². The van der Waals surface area contributed by atoms with Gasteiger partial charge >= 0.3 is 0 Å². The van der Waals surface area contributed by atoms with Crippen molar-refractivity contribution >= 4 is 5.78 Å². The third-order valence-corrected chi connectivity index (χ3v) is 3.20. The second kappa shape index (κ2) is 5.15. The first-order valence-electron chi connectivity index (χ1n) is 6.04. The lowest BCUT2D eigenvalue weighted by Gasteiger charge is -2.07. The van der Waals surface area contributed by atoms with E-state index in [0.717, 1.165) is 31.6 Å². The zero-order valence-corrected chi connectivity index (χ0v) is 9.74. The molecule has 1 unspecified atom stereocenters. The summed E-state index contributed by atoms with van der Waals surface area (Å²) < 4.78 is 5.61. The normalized spacial score (nSPS) is 17.9. The van der Waals surface area contributed by atoms with Gasteiger partial charge in [0, 0.05) is 24.3 Å². The van der Waals surface area contributed by atoms with Gasteiger partial charge in [-0.15, -0.1) is 0 Å². The summed E-state index contributed by atoms with van der Waals surface area (Å²) in [6, 6.07) is 8.21. The van der Waals surface area contributed by atoms with E-state index in [0.29, 0.717) is 18.1 Å². The van der Waals surface area contributed by atoms with Gasteiger partial charge in [0.2, 0.25) is 0 Å². The molecule has 2 nitrogen and oxygen atoms in total. The molecule has 0 amide bonds. The molecule has 0 fully saturated rings. The zero-order chi connectivity index (χ0) is 11.4. The molecule has 1 atom stereocenters. The summed E-state index contributed by atoms with van der Waals surface area (Å²) in [6.45, 7) is 2.70. The van der Waals surface area contributed by atoms with Gasteiger partial charge in [-0.1, -0.05) is 25.1 Å². The van der Waals surface area contributed by atoms with Crippen LogP contribution in [0.25, 0.3) is 0 Å². The van der Waals surface area contributed by atoms with Crippen molar-refractivity contribution in [3.05, 3.63) is 29.8 Å². The van der Waals surface area contributed by atoms with E-state index >= 15 is 0 Å². The predicted molar refractivity (Wildman–Crippen MR) is 63.8 cm³/mol. The molecule has 0 saturated carbocycles. The first-order valence-corrected chi connectivity index (χ1v) is 6.04. The van der Waals surface area contributed by atoms with Crippen molar-refractivity contribution in [3.63, 3.8) is 0 Å². The van der Waals surface area contributed by atoms with E-state index in [4.69, 9.17) is 4.74 Å². The smallest absolute Gasteiger partial charge is 0.132 e. The molecular formula is C14H18O2. The summed E-state index contributed by atoms with van der Waals surface area (Å²) in [4.78, 5) is 11.2. The van der Waals surface area contributed by atoms with Crippen molar-refractivity contribution in [2.75, 3.05) is 6.61 Å². The Kier molecular flexibility index (Phi) is 3.60. The maximum atomic E-state index is 11.2. The Morgan fingerprint density at radius 3 is 3.06 bits per heavy atom. The Morgan fingerprint density at radius 2 is 2.25 bits per heavy atom. The van der Waals surface area contributed by atoms with Crippen molar-refractivity contribution in [1.29, 1.82) is 0 Å². The van der Waals surface area contributed by atoms with Crippen LogP contribution in [0, 0.1) is 0 Å². The van der Waals surface area contributed by atoms with E-state index in [1.165, 1.54) is 5.56 Å². The van der Waals surface area contributed by atoms with Gasteiger partial charge < -0.3 is 4.74 Å². The highest BCUT2D eigenvalue weighted by molar-refractivity contribution is 5.77. The van der Waals surface area contributed by atoms with E-state index < -0.39 is 0 Å². The van der Waals surface area contributed by atoms with Crippen molar-refractivity contribution < 1.29 is 9.53 Å². The van der Waals surface area contributed by atoms with Crippen molar-refractivity contribution in [3.8, 4) is 5.75 Å². The van der Waals surface area contributed by atoms with Crippen LogP contribution in [0.15, 0.2) is 24.3 Å². The molecule has 1 aromatic rings. The Labute approximate surface area is 96.6 Å². The quantitative estimate of drug-likeness (QED) is 0.758. The molecule has 0 saturated heterocycles. The Balaban J connectivity index is 1.86. The average Bonchev–Trinajstić information content (AvgIpc) is 2.73. The van der Waals surface area contributed by atoms with Crippen LogP contribution in [-0.4, -0.2) is 12.4 Å². The first kappa shape index (κ1) is 11.2. The Morgan fingerprint density at radius 1 is 1.44 bits per heavy atom. The van der Waals surface area contributed by atoms with Crippen LogP contribution >= 0.6 is 0 Å². The lowest BCUT2D eigenvalue weighted by Crippen LogP contribution is -2.02. The summed E-state index contributed by atoms with van der Waals surface area (Å²) >= 11 is 0. The van der Waals surface area contributed by atoms with Crippen LogP contribution in [0.5, 0.6) is 5.75 Å². The molecule has 0 aromatic heterocycles. The maximum Gasteiger partial charge on any atom is 0.132 e. The van der Waals surface area contributed by atoms with Crippen LogP contribution in [0.4, 0.5) is 0 Å². The largest absolute Gasteiger partial charge is 0.493 e. The van der Waals surface area contributed by atoms with E-state index in [9.17, 15) is 4.79 Å². The molecule has 1 aliphatic rings. The minimum atomic E-state index is 0.368. The van der Waals surface area contributed by atoms with Crippen LogP contribution in [0.2, 0.25) is 0 Å². The summed E-state index contributed by atoms with van der Waals surface area (Å²) in [5, 5.41) is 0. The third kappa shape index (κ3) is 2.43.